The Bertz CT molecular complexity index is 451. The highest BCUT2D eigenvalue weighted by Gasteiger charge is 2.15. The normalized spacial score (nSPS) is 9.38. The molecule has 0 fully saturated rings. The van der Waals surface area contributed by atoms with Gasteiger partial charge in [-0.25, -0.2) is 4.79 Å². The van der Waals surface area contributed by atoms with Crippen LogP contribution in [0.25, 0.3) is 0 Å². The van der Waals surface area contributed by atoms with Crippen molar-refractivity contribution in [2.75, 3.05) is 13.7 Å². The van der Waals surface area contributed by atoms with Gasteiger partial charge in [-0.1, -0.05) is 0 Å². The van der Waals surface area contributed by atoms with Gasteiger partial charge in [0, 0.05) is 4.90 Å². The molecule has 0 spiro atoms. The SMILES string of the molecule is CCOC(=O)c1cc(OC)c(C#N)cc1S. The van der Waals surface area contributed by atoms with Crippen molar-refractivity contribution in [2.24, 2.45) is 0 Å². The number of thiol groups is 1. The maximum Gasteiger partial charge on any atom is 0.339 e. The van der Waals surface area contributed by atoms with Gasteiger partial charge in [0.25, 0.3) is 0 Å². The van der Waals surface area contributed by atoms with E-state index in [4.69, 9.17) is 14.7 Å². The van der Waals surface area contributed by atoms with Crippen LogP contribution in [0.4, 0.5) is 0 Å². The quantitative estimate of drug-likeness (QED) is 0.645. The number of benzene rings is 1. The number of carbonyl (C=O) groups is 1. The number of hydrogen-bond acceptors (Lipinski definition) is 5. The first kappa shape index (κ1) is 12.4. The number of methoxy groups -OCH3 is 1. The maximum atomic E-state index is 11.5. The average molecular weight is 237 g/mol. The minimum absolute atomic E-state index is 0.286. The molecule has 16 heavy (non-hydrogen) atoms. The van der Waals surface area contributed by atoms with E-state index in [1.54, 1.807) is 6.92 Å². The van der Waals surface area contributed by atoms with Crippen LogP contribution in [-0.2, 0) is 4.74 Å². The van der Waals surface area contributed by atoms with Crippen molar-refractivity contribution in [3.8, 4) is 11.8 Å². The second kappa shape index (κ2) is 5.42. The summed E-state index contributed by atoms with van der Waals surface area (Å²) < 4.78 is 9.85. The van der Waals surface area contributed by atoms with Crippen molar-refractivity contribution in [1.29, 1.82) is 5.26 Å². The second-order valence-corrected chi connectivity index (χ2v) is 3.38. The van der Waals surface area contributed by atoms with Crippen molar-refractivity contribution in [3.05, 3.63) is 23.3 Å². The predicted octanol–water partition coefficient (Wildman–Crippen LogP) is 2.03. The van der Waals surface area contributed by atoms with Crippen molar-refractivity contribution in [3.63, 3.8) is 0 Å². The van der Waals surface area contributed by atoms with E-state index < -0.39 is 5.97 Å². The zero-order valence-corrected chi connectivity index (χ0v) is 9.88. The Kier molecular flexibility index (Phi) is 4.20. The van der Waals surface area contributed by atoms with Gasteiger partial charge in [-0.2, -0.15) is 5.26 Å². The molecule has 0 aliphatic heterocycles. The molecule has 0 saturated carbocycles. The zero-order valence-electron chi connectivity index (χ0n) is 8.98. The predicted molar refractivity (Wildman–Crippen MR) is 60.9 cm³/mol. The molecule has 1 aromatic rings. The molecule has 0 bridgehead atoms. The molecule has 1 rings (SSSR count). The molecular weight excluding hydrogens is 226 g/mol. The highest BCUT2D eigenvalue weighted by atomic mass is 32.1. The number of carbonyl (C=O) groups excluding carboxylic acids is 1. The van der Waals surface area contributed by atoms with Crippen LogP contribution in [0.15, 0.2) is 17.0 Å². The fourth-order valence-corrected chi connectivity index (χ4v) is 1.48. The smallest absolute Gasteiger partial charge is 0.339 e. The molecule has 1 aromatic carbocycles. The third-order valence-corrected chi connectivity index (χ3v) is 2.30. The van der Waals surface area contributed by atoms with Gasteiger partial charge in [0.05, 0.1) is 24.8 Å². The van der Waals surface area contributed by atoms with Crippen LogP contribution in [0.5, 0.6) is 5.75 Å². The van der Waals surface area contributed by atoms with Gasteiger partial charge in [-0.05, 0) is 19.1 Å². The number of nitrogens with zero attached hydrogens (tertiary/aromatic N) is 1. The molecule has 0 aromatic heterocycles. The van der Waals surface area contributed by atoms with Crippen LogP contribution in [0.3, 0.4) is 0 Å². The fourth-order valence-electron chi connectivity index (χ4n) is 1.20. The lowest BCUT2D eigenvalue weighted by Gasteiger charge is -2.08. The first-order valence-electron chi connectivity index (χ1n) is 4.62. The minimum atomic E-state index is -0.477. The van der Waals surface area contributed by atoms with Crippen LogP contribution >= 0.6 is 12.6 Å². The summed E-state index contributed by atoms with van der Waals surface area (Å²) in [5.41, 5.74) is 0.626. The van der Waals surface area contributed by atoms with Gasteiger partial charge in [0.15, 0.2) is 0 Å². The topological polar surface area (TPSA) is 59.3 Å². The summed E-state index contributed by atoms with van der Waals surface area (Å²) in [5.74, 6) is -0.140. The Morgan fingerprint density at radius 1 is 1.56 bits per heavy atom. The molecule has 4 nitrogen and oxygen atoms in total. The summed E-state index contributed by atoms with van der Waals surface area (Å²) in [6.07, 6.45) is 0. The molecule has 0 amide bonds. The van der Waals surface area contributed by atoms with Crippen molar-refractivity contribution in [2.45, 2.75) is 11.8 Å². The summed E-state index contributed by atoms with van der Waals surface area (Å²) in [7, 11) is 1.43. The standard InChI is InChI=1S/C11H11NO3S/c1-3-15-11(13)8-5-9(14-2)7(6-12)4-10(8)16/h4-5,16H,3H2,1-2H3. The van der Waals surface area contributed by atoms with Crippen molar-refractivity contribution >= 4 is 18.6 Å². The molecule has 0 N–H and O–H groups in total. The fraction of sp³-hybridized carbons (Fsp3) is 0.273. The molecule has 0 radical (unpaired) electrons. The second-order valence-electron chi connectivity index (χ2n) is 2.90. The molecule has 5 heteroatoms. The van der Waals surface area contributed by atoms with Crippen LogP contribution in [0, 0.1) is 11.3 Å². The number of ether oxygens (including phenoxy) is 2. The van der Waals surface area contributed by atoms with Gasteiger partial charge >= 0.3 is 5.97 Å². The molecular formula is C11H11NO3S. The molecule has 0 saturated heterocycles. The van der Waals surface area contributed by atoms with Gasteiger partial charge < -0.3 is 9.47 Å². The Balaban J connectivity index is 3.22. The summed E-state index contributed by atoms with van der Waals surface area (Å²) in [6.45, 7) is 2.01. The Labute approximate surface area is 99.2 Å². The Morgan fingerprint density at radius 3 is 2.75 bits per heavy atom. The van der Waals surface area contributed by atoms with Crippen LogP contribution in [-0.4, -0.2) is 19.7 Å². The van der Waals surface area contributed by atoms with Crippen LogP contribution in [0.2, 0.25) is 0 Å². The van der Waals surface area contributed by atoms with Crippen molar-refractivity contribution < 1.29 is 14.3 Å². The van der Waals surface area contributed by atoms with E-state index in [-0.39, 0.29) is 6.61 Å². The third kappa shape index (κ3) is 2.47. The first-order valence-corrected chi connectivity index (χ1v) is 5.07. The summed E-state index contributed by atoms with van der Waals surface area (Å²) in [4.78, 5) is 11.9. The summed E-state index contributed by atoms with van der Waals surface area (Å²) in [5, 5.41) is 8.83. The average Bonchev–Trinajstić information content (AvgIpc) is 2.28. The van der Waals surface area contributed by atoms with E-state index in [1.165, 1.54) is 19.2 Å². The lowest BCUT2D eigenvalue weighted by atomic mass is 10.1. The number of rotatable bonds is 3. The highest BCUT2D eigenvalue weighted by Crippen LogP contribution is 2.25. The van der Waals surface area contributed by atoms with Gasteiger partial charge in [0.1, 0.15) is 11.8 Å². The van der Waals surface area contributed by atoms with E-state index >= 15 is 0 Å². The number of nitriles is 1. The van der Waals surface area contributed by atoms with Crippen LogP contribution < -0.4 is 4.74 Å². The number of hydrogen-bond donors (Lipinski definition) is 1. The van der Waals surface area contributed by atoms with Crippen LogP contribution in [0.1, 0.15) is 22.8 Å². The largest absolute Gasteiger partial charge is 0.495 e. The van der Waals surface area contributed by atoms with E-state index in [1.807, 2.05) is 6.07 Å². The molecule has 0 atom stereocenters. The molecule has 0 unspecified atom stereocenters. The third-order valence-electron chi connectivity index (χ3n) is 1.93. The lowest BCUT2D eigenvalue weighted by molar-refractivity contribution is 0.0522. The monoisotopic (exact) mass is 237 g/mol. The summed E-state index contributed by atoms with van der Waals surface area (Å²) >= 11 is 4.13. The summed E-state index contributed by atoms with van der Waals surface area (Å²) in [6, 6.07) is 4.90. The molecule has 84 valence electrons. The molecule has 0 heterocycles. The highest BCUT2D eigenvalue weighted by molar-refractivity contribution is 7.80. The Hall–Kier alpha value is -1.67. The Morgan fingerprint density at radius 2 is 2.25 bits per heavy atom. The first-order chi connectivity index (χ1) is 7.63. The zero-order chi connectivity index (χ0) is 12.1. The van der Waals surface area contributed by atoms with Gasteiger partial charge in [-0.3, -0.25) is 0 Å². The minimum Gasteiger partial charge on any atom is -0.495 e. The van der Waals surface area contributed by atoms with E-state index in [0.717, 1.165) is 0 Å². The van der Waals surface area contributed by atoms with E-state index in [2.05, 4.69) is 12.6 Å². The van der Waals surface area contributed by atoms with E-state index in [0.29, 0.717) is 21.8 Å². The van der Waals surface area contributed by atoms with Gasteiger partial charge in [0.2, 0.25) is 0 Å². The van der Waals surface area contributed by atoms with Crippen molar-refractivity contribution in [1.82, 2.24) is 0 Å². The molecule has 0 aliphatic rings. The lowest BCUT2D eigenvalue weighted by Crippen LogP contribution is -2.06. The molecule has 0 aliphatic carbocycles. The maximum absolute atomic E-state index is 11.5. The number of esters is 1. The van der Waals surface area contributed by atoms with E-state index in [9.17, 15) is 4.79 Å². The van der Waals surface area contributed by atoms with Gasteiger partial charge in [-0.15, -0.1) is 12.6 Å².